The predicted molar refractivity (Wildman–Crippen MR) is 119 cm³/mol. The molecule has 1 saturated carbocycles. The third kappa shape index (κ3) is 5.37. The van der Waals surface area contributed by atoms with Gasteiger partial charge in [-0.1, -0.05) is 13.3 Å². The van der Waals surface area contributed by atoms with E-state index in [1.165, 1.54) is 18.7 Å². The molecule has 3 N–H and O–H groups in total. The molecule has 0 spiro atoms. The second-order valence-electron chi connectivity index (χ2n) is 9.40. The van der Waals surface area contributed by atoms with Crippen LogP contribution in [0.1, 0.15) is 58.6 Å². The Balaban J connectivity index is 1.33. The number of nitrogens with two attached hydrogens (primary N) is 1. The Hall–Kier alpha value is -1.82. The van der Waals surface area contributed by atoms with E-state index in [0.29, 0.717) is 0 Å². The molecule has 3 heterocycles. The number of aromatic nitrogens is 2. The minimum Gasteiger partial charge on any atom is -0.462 e. The van der Waals surface area contributed by atoms with E-state index >= 15 is 0 Å². The van der Waals surface area contributed by atoms with Gasteiger partial charge in [-0.3, -0.25) is 32.7 Å². The summed E-state index contributed by atoms with van der Waals surface area (Å²) in [5, 5.41) is 0. The van der Waals surface area contributed by atoms with Crippen molar-refractivity contribution in [2.45, 2.75) is 82.5 Å². The summed E-state index contributed by atoms with van der Waals surface area (Å²) in [4.78, 5) is 38.1. The van der Waals surface area contributed by atoms with Crippen molar-refractivity contribution in [3.8, 4) is 0 Å². The van der Waals surface area contributed by atoms with Crippen LogP contribution < -0.4 is 17.0 Å². The summed E-state index contributed by atoms with van der Waals surface area (Å²) in [6.45, 7) is 3.17. The molecule has 2 saturated heterocycles. The number of carbonyl (C=O) groups is 1. The maximum absolute atomic E-state index is 13.1. The van der Waals surface area contributed by atoms with Crippen molar-refractivity contribution in [1.82, 2.24) is 9.55 Å². The Morgan fingerprint density at radius 1 is 1.35 bits per heavy atom. The Labute approximate surface area is 196 Å². The van der Waals surface area contributed by atoms with E-state index in [1.807, 2.05) is 0 Å². The van der Waals surface area contributed by atoms with Crippen LogP contribution in [0.15, 0.2) is 21.9 Å². The lowest BCUT2D eigenvalue weighted by Crippen LogP contribution is -2.55. The molecule has 190 valence electrons. The smallest absolute Gasteiger partial charge is 0.462 e. The van der Waals surface area contributed by atoms with Gasteiger partial charge in [0.15, 0.2) is 6.23 Å². The van der Waals surface area contributed by atoms with Crippen molar-refractivity contribution >= 4 is 13.8 Å². The molecule has 3 fully saturated rings. The van der Waals surface area contributed by atoms with E-state index in [0.717, 1.165) is 30.3 Å². The quantitative estimate of drug-likeness (QED) is 0.415. The SMILES string of the molecule is CC(CCO[P@]1(=O)OC[C@H]2O[C@@H](n3ccc(=O)[nH]c3=O)[C@](C)(N)[C@@H]2O1)C(=O)OC1CCCCC1. The molecule has 2 aliphatic heterocycles. The van der Waals surface area contributed by atoms with Gasteiger partial charge < -0.3 is 15.2 Å². The van der Waals surface area contributed by atoms with Crippen molar-refractivity contribution in [2.24, 2.45) is 11.7 Å². The lowest BCUT2D eigenvalue weighted by molar-refractivity contribution is -0.155. The summed E-state index contributed by atoms with van der Waals surface area (Å²) in [6, 6.07) is 1.18. The van der Waals surface area contributed by atoms with Crippen LogP contribution in [0, 0.1) is 5.92 Å². The molecule has 0 aromatic carbocycles. The third-order valence-corrected chi connectivity index (χ3v) is 8.02. The number of nitrogens with zero attached hydrogens (tertiary/aromatic N) is 1. The van der Waals surface area contributed by atoms with Crippen LogP contribution >= 0.6 is 7.82 Å². The highest BCUT2D eigenvalue weighted by Crippen LogP contribution is 2.58. The monoisotopic (exact) mass is 501 g/mol. The van der Waals surface area contributed by atoms with Crippen LogP contribution in [0.4, 0.5) is 0 Å². The molecule has 0 amide bonds. The second kappa shape index (κ2) is 10.0. The van der Waals surface area contributed by atoms with Crippen LogP contribution in [-0.2, 0) is 32.4 Å². The highest BCUT2D eigenvalue weighted by atomic mass is 31.2. The van der Waals surface area contributed by atoms with Crippen LogP contribution in [-0.4, -0.2) is 52.6 Å². The number of fused-ring (bicyclic) bond motifs is 1. The number of aromatic amines is 1. The number of hydrogen-bond acceptors (Lipinski definition) is 10. The average molecular weight is 501 g/mol. The summed E-state index contributed by atoms with van der Waals surface area (Å²) in [7, 11) is -3.98. The molecule has 0 radical (unpaired) electrons. The number of H-pyrrole nitrogens is 1. The third-order valence-electron chi connectivity index (χ3n) is 6.57. The zero-order valence-electron chi connectivity index (χ0n) is 19.3. The molecule has 13 heteroatoms. The molecular formula is C21H32N3O9P. The zero-order valence-corrected chi connectivity index (χ0v) is 20.2. The molecule has 6 atom stereocenters. The Morgan fingerprint density at radius 3 is 2.79 bits per heavy atom. The second-order valence-corrected chi connectivity index (χ2v) is 11.0. The lowest BCUT2D eigenvalue weighted by Gasteiger charge is -2.35. The van der Waals surface area contributed by atoms with Crippen molar-refractivity contribution in [3.63, 3.8) is 0 Å². The molecule has 4 rings (SSSR count). The van der Waals surface area contributed by atoms with E-state index < -0.39 is 49.0 Å². The van der Waals surface area contributed by atoms with Gasteiger partial charge >= 0.3 is 19.5 Å². The summed E-state index contributed by atoms with van der Waals surface area (Å²) >= 11 is 0. The fraction of sp³-hybridized carbons (Fsp3) is 0.762. The first-order valence-electron chi connectivity index (χ1n) is 11.6. The van der Waals surface area contributed by atoms with Gasteiger partial charge in [-0.25, -0.2) is 9.36 Å². The van der Waals surface area contributed by atoms with Crippen LogP contribution in [0.25, 0.3) is 0 Å². The normalized spacial score (nSPS) is 35.0. The fourth-order valence-electron chi connectivity index (χ4n) is 4.53. The number of phosphoric acid groups is 1. The van der Waals surface area contributed by atoms with Crippen LogP contribution in [0.5, 0.6) is 0 Å². The summed E-state index contributed by atoms with van der Waals surface area (Å²) in [5.74, 6) is -0.732. The molecule has 1 aromatic rings. The maximum Gasteiger partial charge on any atom is 0.475 e. The lowest BCUT2D eigenvalue weighted by atomic mass is 9.93. The predicted octanol–water partition coefficient (Wildman–Crippen LogP) is 1.59. The number of hydrogen-bond donors (Lipinski definition) is 2. The van der Waals surface area contributed by atoms with Crippen molar-refractivity contribution in [3.05, 3.63) is 33.1 Å². The number of rotatable bonds is 7. The van der Waals surface area contributed by atoms with Crippen LogP contribution in [0.3, 0.4) is 0 Å². The first-order chi connectivity index (χ1) is 16.1. The molecule has 12 nitrogen and oxygen atoms in total. The number of esters is 1. The largest absolute Gasteiger partial charge is 0.475 e. The van der Waals surface area contributed by atoms with Crippen molar-refractivity contribution in [1.29, 1.82) is 0 Å². The number of phosphoric ester groups is 1. The molecule has 1 unspecified atom stereocenters. The van der Waals surface area contributed by atoms with Gasteiger partial charge in [0, 0.05) is 12.3 Å². The van der Waals surface area contributed by atoms with E-state index in [4.69, 9.17) is 28.8 Å². The topological polar surface area (TPSA) is 161 Å². The van der Waals surface area contributed by atoms with E-state index in [-0.39, 0.29) is 31.7 Å². The highest BCUT2D eigenvalue weighted by Gasteiger charge is 2.59. The van der Waals surface area contributed by atoms with E-state index in [9.17, 15) is 18.9 Å². The highest BCUT2D eigenvalue weighted by molar-refractivity contribution is 7.48. The molecule has 1 aliphatic carbocycles. The maximum atomic E-state index is 13.1. The Kier molecular flexibility index (Phi) is 7.47. The summed E-state index contributed by atoms with van der Waals surface area (Å²) < 4.78 is 42.1. The Bertz CT molecular complexity index is 1050. The molecule has 34 heavy (non-hydrogen) atoms. The van der Waals surface area contributed by atoms with Gasteiger partial charge in [0.05, 0.1) is 24.7 Å². The number of ether oxygens (including phenoxy) is 2. The summed E-state index contributed by atoms with van der Waals surface area (Å²) in [5.41, 5.74) is 3.92. The van der Waals surface area contributed by atoms with Gasteiger partial charge in [-0.05, 0) is 39.0 Å². The fourth-order valence-corrected chi connectivity index (χ4v) is 6.03. The molecule has 0 bridgehead atoms. The van der Waals surface area contributed by atoms with E-state index in [1.54, 1.807) is 13.8 Å². The molecule has 3 aliphatic rings. The van der Waals surface area contributed by atoms with Gasteiger partial charge in [-0.15, -0.1) is 0 Å². The van der Waals surface area contributed by atoms with Crippen LogP contribution in [0.2, 0.25) is 0 Å². The minimum atomic E-state index is -3.98. The van der Waals surface area contributed by atoms with Crippen molar-refractivity contribution < 1.29 is 32.4 Å². The Morgan fingerprint density at radius 2 is 2.09 bits per heavy atom. The zero-order chi connectivity index (χ0) is 24.5. The van der Waals surface area contributed by atoms with Gasteiger partial charge in [0.25, 0.3) is 5.56 Å². The first-order valence-corrected chi connectivity index (χ1v) is 13.1. The number of carbonyl (C=O) groups excluding carboxylic acids is 1. The van der Waals surface area contributed by atoms with Gasteiger partial charge in [0.2, 0.25) is 0 Å². The average Bonchev–Trinajstić information content (AvgIpc) is 3.04. The minimum absolute atomic E-state index is 0.0302. The summed E-state index contributed by atoms with van der Waals surface area (Å²) in [6.07, 6.45) is 4.02. The van der Waals surface area contributed by atoms with Gasteiger partial charge in [-0.2, -0.15) is 0 Å². The first kappa shape index (κ1) is 25.3. The number of nitrogens with one attached hydrogen (secondary N) is 1. The standard InChI is InChI=1S/C21H32N3O9P/c1-13(18(26)31-14-6-4-3-5-7-14)9-11-29-34(28)30-12-15-17(33-34)21(2,22)19(32-15)24-10-8-16(25)23-20(24)27/h8,10,13-15,17,19H,3-7,9,11-12,22H2,1-2H3,(H,23,25,27)/t13?,15-,17-,19-,21-,34-/m1/s1. The van der Waals surface area contributed by atoms with Gasteiger partial charge in [0.1, 0.15) is 18.3 Å². The molecular weight excluding hydrogens is 469 g/mol. The molecule has 1 aromatic heterocycles. The van der Waals surface area contributed by atoms with Crippen molar-refractivity contribution in [2.75, 3.05) is 13.2 Å². The van der Waals surface area contributed by atoms with E-state index in [2.05, 4.69) is 4.98 Å².